The zero-order chi connectivity index (χ0) is 12.3. The summed E-state index contributed by atoms with van der Waals surface area (Å²) >= 11 is 0. The first-order chi connectivity index (χ1) is 8.26. The number of hydrogen-bond donors (Lipinski definition) is 1. The molecule has 17 heavy (non-hydrogen) atoms. The molecule has 1 N–H and O–H groups in total. The maximum Gasteiger partial charge on any atom is 0.256 e. The van der Waals surface area contributed by atoms with Gasteiger partial charge in [-0.25, -0.2) is 0 Å². The number of hydrogen-bond acceptors (Lipinski definition) is 2. The van der Waals surface area contributed by atoms with Crippen molar-refractivity contribution in [3.8, 4) is 12.3 Å². The quantitative estimate of drug-likeness (QED) is 0.819. The summed E-state index contributed by atoms with van der Waals surface area (Å²) in [5.41, 5.74) is 1.22. The molecular formula is C14H13NO2. The van der Waals surface area contributed by atoms with Gasteiger partial charge in [-0.3, -0.25) is 4.79 Å². The molecule has 1 amide bonds. The van der Waals surface area contributed by atoms with Crippen molar-refractivity contribution < 1.29 is 9.21 Å². The molecule has 86 valence electrons. The predicted molar refractivity (Wildman–Crippen MR) is 66.6 cm³/mol. The minimum Gasteiger partial charge on any atom is -0.463 e. The number of carbonyl (C=O) groups is 1. The van der Waals surface area contributed by atoms with E-state index in [2.05, 4.69) is 11.2 Å². The Morgan fingerprint density at radius 2 is 2.29 bits per heavy atom. The average molecular weight is 227 g/mol. The first-order valence-electron chi connectivity index (χ1n) is 5.49. The van der Waals surface area contributed by atoms with Crippen molar-refractivity contribution in [1.82, 2.24) is 5.32 Å². The molecule has 0 saturated carbocycles. The number of furan rings is 1. The standard InChI is InChI=1S/C14H13NO2/c1-3-10(4-2)15-14(16)12-9-17-13-8-6-5-7-11(12)13/h1,5-10H,4H2,2H3,(H,15,16). The van der Waals surface area contributed by atoms with Crippen molar-refractivity contribution in [2.45, 2.75) is 19.4 Å². The smallest absolute Gasteiger partial charge is 0.256 e. The Labute approximate surface area is 99.8 Å². The minimum absolute atomic E-state index is 0.195. The molecule has 2 rings (SSSR count). The van der Waals surface area contributed by atoms with Gasteiger partial charge in [0.1, 0.15) is 11.8 Å². The van der Waals surface area contributed by atoms with Crippen molar-refractivity contribution in [3.63, 3.8) is 0 Å². The SMILES string of the molecule is C#CC(CC)NC(=O)c1coc2ccccc12. The zero-order valence-corrected chi connectivity index (χ0v) is 9.57. The maximum atomic E-state index is 12.0. The Morgan fingerprint density at radius 1 is 1.53 bits per heavy atom. The van der Waals surface area contributed by atoms with E-state index < -0.39 is 0 Å². The van der Waals surface area contributed by atoms with Crippen LogP contribution in [-0.2, 0) is 0 Å². The second kappa shape index (κ2) is 4.75. The molecule has 1 aromatic carbocycles. The first-order valence-corrected chi connectivity index (χ1v) is 5.49. The van der Waals surface area contributed by atoms with Gasteiger partial charge in [-0.1, -0.05) is 31.0 Å². The number of para-hydroxylation sites is 1. The van der Waals surface area contributed by atoms with Crippen molar-refractivity contribution in [3.05, 3.63) is 36.1 Å². The normalized spacial score (nSPS) is 12.0. The van der Waals surface area contributed by atoms with Gasteiger partial charge in [0.15, 0.2) is 0 Å². The van der Waals surface area contributed by atoms with Gasteiger partial charge in [0.05, 0.1) is 11.6 Å². The van der Waals surface area contributed by atoms with Crippen LogP contribution in [0.15, 0.2) is 34.9 Å². The lowest BCUT2D eigenvalue weighted by atomic mass is 10.1. The molecule has 2 aromatic rings. The molecule has 1 heterocycles. The number of carbonyl (C=O) groups excluding carboxylic acids is 1. The van der Waals surface area contributed by atoms with Crippen LogP contribution in [0.5, 0.6) is 0 Å². The summed E-state index contributed by atoms with van der Waals surface area (Å²) in [6.45, 7) is 1.93. The summed E-state index contributed by atoms with van der Waals surface area (Å²) in [5.74, 6) is 2.34. The molecule has 1 unspecified atom stereocenters. The molecule has 1 aromatic heterocycles. The number of rotatable bonds is 3. The number of terminal acetylenes is 1. The van der Waals surface area contributed by atoms with Crippen LogP contribution in [0.2, 0.25) is 0 Å². The van der Waals surface area contributed by atoms with Crippen molar-refractivity contribution in [1.29, 1.82) is 0 Å². The van der Waals surface area contributed by atoms with Crippen LogP contribution in [0.4, 0.5) is 0 Å². The van der Waals surface area contributed by atoms with Crippen LogP contribution < -0.4 is 5.32 Å². The molecule has 0 aliphatic heterocycles. The fraction of sp³-hybridized carbons (Fsp3) is 0.214. The highest BCUT2D eigenvalue weighted by Gasteiger charge is 2.15. The summed E-state index contributed by atoms with van der Waals surface area (Å²) in [5, 5.41) is 3.58. The predicted octanol–water partition coefficient (Wildman–Crippen LogP) is 2.57. The molecule has 0 spiro atoms. The second-order valence-electron chi connectivity index (χ2n) is 3.75. The van der Waals surface area contributed by atoms with E-state index in [0.29, 0.717) is 17.6 Å². The minimum atomic E-state index is -0.240. The molecule has 0 fully saturated rings. The summed E-state index contributed by atoms with van der Waals surface area (Å²) < 4.78 is 5.31. The molecule has 0 aliphatic rings. The van der Waals surface area contributed by atoms with Crippen molar-refractivity contribution >= 4 is 16.9 Å². The lowest BCUT2D eigenvalue weighted by molar-refractivity contribution is 0.0946. The van der Waals surface area contributed by atoms with Gasteiger partial charge in [-0.2, -0.15) is 0 Å². The van der Waals surface area contributed by atoms with E-state index in [4.69, 9.17) is 10.8 Å². The maximum absolute atomic E-state index is 12.0. The molecular weight excluding hydrogens is 214 g/mol. The lowest BCUT2D eigenvalue weighted by Gasteiger charge is -2.09. The Morgan fingerprint density at radius 3 is 3.00 bits per heavy atom. The van der Waals surface area contributed by atoms with Gasteiger partial charge in [0.25, 0.3) is 5.91 Å². The van der Waals surface area contributed by atoms with Crippen LogP contribution >= 0.6 is 0 Å². The molecule has 3 heteroatoms. The van der Waals surface area contributed by atoms with E-state index in [1.165, 1.54) is 6.26 Å². The van der Waals surface area contributed by atoms with E-state index in [1.807, 2.05) is 31.2 Å². The van der Waals surface area contributed by atoms with Gasteiger partial charge >= 0.3 is 0 Å². The lowest BCUT2D eigenvalue weighted by Crippen LogP contribution is -2.32. The molecule has 0 saturated heterocycles. The highest BCUT2D eigenvalue weighted by Crippen LogP contribution is 2.20. The summed E-state index contributed by atoms with van der Waals surface area (Å²) in [6.07, 6.45) is 7.48. The third-order valence-corrected chi connectivity index (χ3v) is 2.64. The third kappa shape index (κ3) is 2.16. The van der Waals surface area contributed by atoms with Gasteiger partial charge in [-0.15, -0.1) is 6.42 Å². The van der Waals surface area contributed by atoms with Gasteiger partial charge < -0.3 is 9.73 Å². The summed E-state index contributed by atoms with van der Waals surface area (Å²) in [7, 11) is 0. The summed E-state index contributed by atoms with van der Waals surface area (Å²) in [4.78, 5) is 12.0. The number of benzene rings is 1. The Kier molecular flexibility index (Phi) is 3.15. The molecule has 3 nitrogen and oxygen atoms in total. The van der Waals surface area contributed by atoms with Crippen LogP contribution in [0.3, 0.4) is 0 Å². The van der Waals surface area contributed by atoms with Crippen LogP contribution in [-0.4, -0.2) is 11.9 Å². The van der Waals surface area contributed by atoms with Crippen LogP contribution in [0.25, 0.3) is 11.0 Å². The van der Waals surface area contributed by atoms with E-state index in [0.717, 1.165) is 5.39 Å². The second-order valence-corrected chi connectivity index (χ2v) is 3.75. The molecule has 0 radical (unpaired) electrons. The number of amides is 1. The molecule has 1 atom stereocenters. The first kappa shape index (κ1) is 11.3. The van der Waals surface area contributed by atoms with E-state index in [-0.39, 0.29) is 11.9 Å². The Hall–Kier alpha value is -2.21. The molecule has 0 bridgehead atoms. The fourth-order valence-corrected chi connectivity index (χ4v) is 1.65. The third-order valence-electron chi connectivity index (χ3n) is 2.64. The number of nitrogens with one attached hydrogen (secondary N) is 1. The van der Waals surface area contributed by atoms with Crippen LogP contribution in [0, 0.1) is 12.3 Å². The average Bonchev–Trinajstić information content (AvgIpc) is 2.79. The summed E-state index contributed by atoms with van der Waals surface area (Å²) in [6, 6.07) is 7.17. The monoisotopic (exact) mass is 227 g/mol. The fourth-order valence-electron chi connectivity index (χ4n) is 1.65. The highest BCUT2D eigenvalue weighted by atomic mass is 16.3. The van der Waals surface area contributed by atoms with Gasteiger partial charge in [0, 0.05) is 5.39 Å². The van der Waals surface area contributed by atoms with E-state index in [9.17, 15) is 4.79 Å². The highest BCUT2D eigenvalue weighted by molar-refractivity contribution is 6.06. The Balaban J connectivity index is 2.28. The van der Waals surface area contributed by atoms with Gasteiger partial charge in [0.2, 0.25) is 0 Å². The van der Waals surface area contributed by atoms with E-state index >= 15 is 0 Å². The van der Waals surface area contributed by atoms with Gasteiger partial charge in [-0.05, 0) is 12.5 Å². The Bertz CT molecular complexity index is 577. The van der Waals surface area contributed by atoms with Crippen LogP contribution in [0.1, 0.15) is 23.7 Å². The van der Waals surface area contributed by atoms with Crippen molar-refractivity contribution in [2.75, 3.05) is 0 Å². The topological polar surface area (TPSA) is 42.2 Å². The zero-order valence-electron chi connectivity index (χ0n) is 9.57. The van der Waals surface area contributed by atoms with Crippen molar-refractivity contribution in [2.24, 2.45) is 0 Å². The largest absolute Gasteiger partial charge is 0.463 e. The van der Waals surface area contributed by atoms with E-state index in [1.54, 1.807) is 0 Å². The molecule has 0 aliphatic carbocycles. The number of fused-ring (bicyclic) bond motifs is 1.